The lowest BCUT2D eigenvalue weighted by molar-refractivity contribution is 0.172. The van der Waals surface area contributed by atoms with E-state index < -0.39 is 17.7 Å². The maximum atomic E-state index is 14.1. The van der Waals surface area contributed by atoms with Crippen molar-refractivity contribution < 1.29 is 13.9 Å². The zero-order valence-electron chi connectivity index (χ0n) is 12.6. The van der Waals surface area contributed by atoms with Crippen molar-refractivity contribution in [3.63, 3.8) is 0 Å². The molecule has 1 aromatic heterocycles. The van der Waals surface area contributed by atoms with Crippen molar-refractivity contribution in [2.75, 3.05) is 6.54 Å². The lowest BCUT2D eigenvalue weighted by atomic mass is 10.0. The highest BCUT2D eigenvalue weighted by Crippen LogP contribution is 2.35. The summed E-state index contributed by atoms with van der Waals surface area (Å²) in [5.74, 6) is -0.899. The highest BCUT2D eigenvalue weighted by molar-refractivity contribution is 5.25. The van der Waals surface area contributed by atoms with Crippen LogP contribution < -0.4 is 0 Å². The molecule has 2 unspecified atom stereocenters. The molecule has 0 aliphatic carbocycles. The summed E-state index contributed by atoms with van der Waals surface area (Å²) in [6.07, 6.45) is 1.64. The average Bonchev–Trinajstić information content (AvgIpc) is 2.99. The fourth-order valence-electron chi connectivity index (χ4n) is 3.07. The third-order valence-electron chi connectivity index (χ3n) is 4.41. The molecule has 2 aromatic rings. The van der Waals surface area contributed by atoms with Crippen LogP contribution in [0.1, 0.15) is 29.3 Å². The Morgan fingerprint density at radius 1 is 1.36 bits per heavy atom. The minimum Gasteiger partial charge on any atom is -0.392 e. The second kappa shape index (κ2) is 5.78. The van der Waals surface area contributed by atoms with Gasteiger partial charge in [-0.25, -0.2) is 8.78 Å². The van der Waals surface area contributed by atoms with E-state index in [-0.39, 0.29) is 6.04 Å². The first kappa shape index (κ1) is 15.1. The van der Waals surface area contributed by atoms with Crippen LogP contribution in [0.5, 0.6) is 0 Å². The van der Waals surface area contributed by atoms with Crippen LogP contribution in [-0.4, -0.2) is 32.4 Å². The maximum absolute atomic E-state index is 14.1. The molecule has 3 rings (SSSR count). The number of aromatic nitrogens is 2. The third-order valence-corrected chi connectivity index (χ3v) is 4.41. The number of aliphatic hydroxyl groups is 1. The molecular formula is C16H19F2N3O. The minimum atomic E-state index is -0.537. The van der Waals surface area contributed by atoms with Gasteiger partial charge in [0.05, 0.1) is 12.3 Å². The van der Waals surface area contributed by atoms with Crippen molar-refractivity contribution >= 4 is 0 Å². The Morgan fingerprint density at radius 2 is 2.14 bits per heavy atom. The van der Waals surface area contributed by atoms with Crippen LogP contribution in [0.15, 0.2) is 24.4 Å². The molecule has 0 saturated carbocycles. The quantitative estimate of drug-likeness (QED) is 0.946. The first-order valence-electron chi connectivity index (χ1n) is 7.30. The molecule has 1 N–H and O–H groups in total. The molecule has 0 spiro atoms. The van der Waals surface area contributed by atoms with Gasteiger partial charge in [0, 0.05) is 43.0 Å². The van der Waals surface area contributed by atoms with Crippen molar-refractivity contribution in [2.45, 2.75) is 32.0 Å². The summed E-state index contributed by atoms with van der Waals surface area (Å²) in [5.41, 5.74) is 2.36. The first-order valence-corrected chi connectivity index (χ1v) is 7.30. The Hall–Kier alpha value is -1.79. The van der Waals surface area contributed by atoms with E-state index in [2.05, 4.69) is 5.10 Å². The summed E-state index contributed by atoms with van der Waals surface area (Å²) in [4.78, 5) is 1.98. The Balaban J connectivity index is 1.89. The van der Waals surface area contributed by atoms with Crippen molar-refractivity contribution in [1.29, 1.82) is 0 Å². The van der Waals surface area contributed by atoms with Crippen LogP contribution in [0.2, 0.25) is 0 Å². The van der Waals surface area contributed by atoms with Crippen LogP contribution in [0.25, 0.3) is 0 Å². The second-order valence-electron chi connectivity index (χ2n) is 5.88. The molecule has 1 aliphatic rings. The Kier molecular flexibility index (Phi) is 3.97. The minimum absolute atomic E-state index is 0.304. The molecule has 118 valence electrons. The lowest BCUT2D eigenvalue weighted by Gasteiger charge is -2.24. The van der Waals surface area contributed by atoms with Gasteiger partial charge in [0.1, 0.15) is 11.6 Å². The topological polar surface area (TPSA) is 41.3 Å². The van der Waals surface area contributed by atoms with Crippen molar-refractivity contribution in [1.82, 2.24) is 14.7 Å². The van der Waals surface area contributed by atoms with Crippen LogP contribution >= 0.6 is 0 Å². The largest absolute Gasteiger partial charge is 0.392 e. The Bertz CT molecular complexity index is 686. The van der Waals surface area contributed by atoms with Crippen LogP contribution in [-0.2, 0) is 13.6 Å². The fourth-order valence-corrected chi connectivity index (χ4v) is 3.07. The summed E-state index contributed by atoms with van der Waals surface area (Å²) in [6, 6.07) is 3.15. The van der Waals surface area contributed by atoms with Crippen molar-refractivity contribution in [2.24, 2.45) is 7.05 Å². The predicted octanol–water partition coefficient (Wildman–Crippen LogP) is 2.31. The standard InChI is InChI=1S/C16H19F2N3O/c1-10-11(7-19-20(10)2)8-21-9-13(22)6-16(21)14-5-12(17)3-4-15(14)18/h3-5,7,13,16,22H,6,8-9H2,1-2H3. The zero-order valence-corrected chi connectivity index (χ0v) is 12.6. The number of likely N-dealkylation sites (tertiary alicyclic amines) is 1. The zero-order chi connectivity index (χ0) is 15.9. The Labute approximate surface area is 128 Å². The molecule has 1 saturated heterocycles. The molecule has 2 atom stereocenters. The van der Waals surface area contributed by atoms with E-state index in [1.807, 2.05) is 18.9 Å². The number of aryl methyl sites for hydroxylation is 1. The van der Waals surface area contributed by atoms with Gasteiger partial charge in [-0.3, -0.25) is 9.58 Å². The Morgan fingerprint density at radius 3 is 2.82 bits per heavy atom. The normalized spacial score (nSPS) is 22.4. The van der Waals surface area contributed by atoms with E-state index >= 15 is 0 Å². The molecule has 22 heavy (non-hydrogen) atoms. The average molecular weight is 307 g/mol. The number of aliphatic hydroxyl groups excluding tert-OH is 1. The molecule has 0 amide bonds. The summed E-state index contributed by atoms with van der Waals surface area (Å²) >= 11 is 0. The van der Waals surface area contributed by atoms with E-state index in [9.17, 15) is 13.9 Å². The number of nitrogens with zero attached hydrogens (tertiary/aromatic N) is 3. The number of β-amino-alcohol motifs (C(OH)–C–C–N with tert-alkyl or cyclic N) is 1. The number of rotatable bonds is 3. The highest BCUT2D eigenvalue weighted by Gasteiger charge is 2.34. The molecular weight excluding hydrogens is 288 g/mol. The van der Waals surface area contributed by atoms with Gasteiger partial charge in [-0.1, -0.05) is 0 Å². The van der Waals surface area contributed by atoms with Crippen molar-refractivity contribution in [3.05, 3.63) is 52.9 Å². The van der Waals surface area contributed by atoms with E-state index in [1.54, 1.807) is 10.9 Å². The van der Waals surface area contributed by atoms with E-state index in [4.69, 9.17) is 0 Å². The SMILES string of the molecule is Cc1c(CN2CC(O)CC2c2cc(F)ccc2F)cnn1C. The maximum Gasteiger partial charge on any atom is 0.128 e. The van der Waals surface area contributed by atoms with Crippen LogP contribution in [0, 0.1) is 18.6 Å². The van der Waals surface area contributed by atoms with Gasteiger partial charge in [-0.05, 0) is 31.5 Å². The molecule has 6 heteroatoms. The highest BCUT2D eigenvalue weighted by atomic mass is 19.1. The van der Waals surface area contributed by atoms with Crippen molar-refractivity contribution in [3.8, 4) is 0 Å². The number of hydrogen-bond donors (Lipinski definition) is 1. The van der Waals surface area contributed by atoms with Gasteiger partial charge in [0.2, 0.25) is 0 Å². The molecule has 4 nitrogen and oxygen atoms in total. The molecule has 1 aromatic carbocycles. The lowest BCUT2D eigenvalue weighted by Crippen LogP contribution is -2.25. The smallest absolute Gasteiger partial charge is 0.128 e. The fraction of sp³-hybridized carbons (Fsp3) is 0.438. The molecule has 1 fully saturated rings. The second-order valence-corrected chi connectivity index (χ2v) is 5.88. The summed E-state index contributed by atoms with van der Waals surface area (Å²) in [7, 11) is 1.86. The molecule has 1 aliphatic heterocycles. The predicted molar refractivity (Wildman–Crippen MR) is 78.1 cm³/mol. The number of hydrogen-bond acceptors (Lipinski definition) is 3. The van der Waals surface area contributed by atoms with Crippen LogP contribution in [0.3, 0.4) is 0 Å². The van der Waals surface area contributed by atoms with E-state index in [1.165, 1.54) is 6.07 Å². The van der Waals surface area contributed by atoms with E-state index in [0.29, 0.717) is 25.1 Å². The van der Waals surface area contributed by atoms with Gasteiger partial charge >= 0.3 is 0 Å². The summed E-state index contributed by atoms with van der Waals surface area (Å²) in [6.45, 7) is 2.96. The first-order chi connectivity index (χ1) is 10.5. The number of halogens is 2. The van der Waals surface area contributed by atoms with E-state index in [0.717, 1.165) is 23.4 Å². The van der Waals surface area contributed by atoms with Gasteiger partial charge in [0.25, 0.3) is 0 Å². The molecule has 0 radical (unpaired) electrons. The third kappa shape index (κ3) is 2.76. The summed E-state index contributed by atoms with van der Waals surface area (Å²) < 4.78 is 29.3. The van der Waals surface area contributed by atoms with Gasteiger partial charge in [0.15, 0.2) is 0 Å². The molecule has 2 heterocycles. The summed E-state index contributed by atoms with van der Waals surface area (Å²) in [5, 5.41) is 14.2. The van der Waals surface area contributed by atoms with Crippen LogP contribution in [0.4, 0.5) is 8.78 Å². The van der Waals surface area contributed by atoms with Gasteiger partial charge < -0.3 is 5.11 Å². The number of benzene rings is 1. The van der Waals surface area contributed by atoms with Gasteiger partial charge in [-0.15, -0.1) is 0 Å². The monoisotopic (exact) mass is 307 g/mol. The molecule has 0 bridgehead atoms. The van der Waals surface area contributed by atoms with Gasteiger partial charge in [-0.2, -0.15) is 5.10 Å².